The molecule has 1 aliphatic heterocycles. The zero-order valence-corrected chi connectivity index (χ0v) is 12.3. The maximum Gasteiger partial charge on any atom is 0.211 e. The normalized spacial score (nSPS) is 18.4. The third-order valence-electron chi connectivity index (χ3n) is 3.13. The van der Waals surface area contributed by atoms with Gasteiger partial charge in [0.25, 0.3) is 0 Å². The summed E-state index contributed by atoms with van der Waals surface area (Å²) in [5, 5.41) is 3.28. The van der Waals surface area contributed by atoms with Crippen molar-refractivity contribution in [2.75, 3.05) is 32.0 Å². The van der Waals surface area contributed by atoms with Gasteiger partial charge in [0.15, 0.2) is 0 Å². The fourth-order valence-corrected chi connectivity index (χ4v) is 3.24. The molecule has 0 radical (unpaired) electrons. The van der Waals surface area contributed by atoms with Crippen LogP contribution in [-0.4, -0.2) is 46.5 Å². The molecule has 0 spiro atoms. The first-order valence-corrected chi connectivity index (χ1v) is 8.44. The van der Waals surface area contributed by atoms with Crippen LogP contribution in [0.2, 0.25) is 0 Å². The van der Waals surface area contributed by atoms with Gasteiger partial charge in [-0.1, -0.05) is 0 Å². The molecule has 0 bridgehead atoms. The van der Waals surface area contributed by atoms with Gasteiger partial charge < -0.3 is 10.1 Å². The quantitative estimate of drug-likeness (QED) is 0.642. The minimum absolute atomic E-state index is 0.143. The van der Waals surface area contributed by atoms with Gasteiger partial charge in [-0.3, -0.25) is 0 Å². The van der Waals surface area contributed by atoms with Crippen molar-refractivity contribution in [3.05, 3.63) is 0 Å². The number of hydrogen-bond acceptors (Lipinski definition) is 4. The molecule has 0 amide bonds. The molecular formula is C12H26N2O3S. The Bertz CT molecular complexity index is 311. The van der Waals surface area contributed by atoms with Gasteiger partial charge in [0.2, 0.25) is 10.0 Å². The lowest BCUT2D eigenvalue weighted by Gasteiger charge is -2.22. The lowest BCUT2D eigenvalue weighted by molar-refractivity contribution is 0.0834. The predicted octanol–water partition coefficient (Wildman–Crippen LogP) is 0.721. The number of ether oxygens (including phenoxy) is 1. The lowest BCUT2D eigenvalue weighted by atomic mass is 9.96. The van der Waals surface area contributed by atoms with E-state index in [2.05, 4.69) is 10.0 Å². The second-order valence-electron chi connectivity index (χ2n) is 5.11. The Kier molecular flexibility index (Phi) is 7.14. The minimum Gasteiger partial charge on any atom is -0.377 e. The van der Waals surface area contributed by atoms with Crippen LogP contribution >= 0.6 is 0 Å². The summed E-state index contributed by atoms with van der Waals surface area (Å²) < 4.78 is 31.4. The van der Waals surface area contributed by atoms with Crippen LogP contribution in [0.4, 0.5) is 0 Å². The smallest absolute Gasteiger partial charge is 0.211 e. The highest BCUT2D eigenvalue weighted by molar-refractivity contribution is 7.89. The van der Waals surface area contributed by atoms with E-state index in [0.29, 0.717) is 19.1 Å². The van der Waals surface area contributed by atoms with E-state index in [9.17, 15) is 8.42 Å². The van der Waals surface area contributed by atoms with Gasteiger partial charge in [-0.25, -0.2) is 13.1 Å². The molecule has 0 atom stereocenters. The Hall–Kier alpha value is -0.170. The highest BCUT2D eigenvalue weighted by Gasteiger charge is 2.17. The molecule has 108 valence electrons. The Morgan fingerprint density at radius 2 is 2.00 bits per heavy atom. The number of sulfonamides is 1. The zero-order valence-electron chi connectivity index (χ0n) is 11.4. The van der Waals surface area contributed by atoms with E-state index in [0.717, 1.165) is 32.4 Å². The fourth-order valence-electron chi connectivity index (χ4n) is 2.06. The minimum atomic E-state index is -3.13. The molecular weight excluding hydrogens is 252 g/mol. The van der Waals surface area contributed by atoms with Crippen molar-refractivity contribution < 1.29 is 13.2 Å². The number of rotatable bonds is 8. The Balaban J connectivity index is 2.14. The summed E-state index contributed by atoms with van der Waals surface area (Å²) in [6.45, 7) is 6.70. The average molecular weight is 278 g/mol. The second-order valence-corrected chi connectivity index (χ2v) is 7.04. The van der Waals surface area contributed by atoms with E-state index in [1.165, 1.54) is 0 Å². The molecule has 6 heteroatoms. The standard InChI is InChI=1S/C12H26N2O3S/c1-11(2)17-9-8-14-18(15,16)10-5-12-3-6-13-7-4-12/h11-14H,3-10H2,1-2H3. The summed E-state index contributed by atoms with van der Waals surface area (Å²) in [7, 11) is -3.13. The molecule has 5 nitrogen and oxygen atoms in total. The Morgan fingerprint density at radius 3 is 2.61 bits per heavy atom. The van der Waals surface area contributed by atoms with E-state index < -0.39 is 10.0 Å². The van der Waals surface area contributed by atoms with Gasteiger partial charge in [-0.05, 0) is 52.1 Å². The van der Waals surface area contributed by atoms with Crippen molar-refractivity contribution in [1.29, 1.82) is 0 Å². The summed E-state index contributed by atoms with van der Waals surface area (Å²) >= 11 is 0. The Morgan fingerprint density at radius 1 is 1.33 bits per heavy atom. The summed E-state index contributed by atoms with van der Waals surface area (Å²) in [5.74, 6) is 0.786. The monoisotopic (exact) mass is 278 g/mol. The Labute approximate surface area is 111 Å². The molecule has 1 aliphatic rings. The van der Waals surface area contributed by atoms with Crippen molar-refractivity contribution >= 4 is 10.0 Å². The summed E-state index contributed by atoms with van der Waals surface area (Å²) in [6, 6.07) is 0. The maximum absolute atomic E-state index is 11.7. The SMILES string of the molecule is CC(C)OCCNS(=O)(=O)CCC1CCNCC1. The van der Waals surface area contributed by atoms with E-state index in [1.54, 1.807) is 0 Å². The van der Waals surface area contributed by atoms with Crippen molar-refractivity contribution in [1.82, 2.24) is 10.0 Å². The van der Waals surface area contributed by atoms with Crippen molar-refractivity contribution in [2.45, 2.75) is 39.2 Å². The lowest BCUT2D eigenvalue weighted by Crippen LogP contribution is -2.33. The fraction of sp³-hybridized carbons (Fsp3) is 1.00. The third-order valence-corrected chi connectivity index (χ3v) is 4.55. The van der Waals surface area contributed by atoms with Crippen LogP contribution in [0, 0.1) is 5.92 Å². The van der Waals surface area contributed by atoms with Crippen molar-refractivity contribution in [3.8, 4) is 0 Å². The number of piperidine rings is 1. The van der Waals surface area contributed by atoms with E-state index >= 15 is 0 Å². The first-order chi connectivity index (χ1) is 8.49. The van der Waals surface area contributed by atoms with Gasteiger partial charge in [0.05, 0.1) is 18.5 Å². The van der Waals surface area contributed by atoms with Crippen LogP contribution in [-0.2, 0) is 14.8 Å². The van der Waals surface area contributed by atoms with Crippen molar-refractivity contribution in [3.63, 3.8) is 0 Å². The number of nitrogens with one attached hydrogen (secondary N) is 2. The van der Waals surface area contributed by atoms with E-state index in [4.69, 9.17) is 4.74 Å². The predicted molar refractivity (Wildman–Crippen MR) is 73.1 cm³/mol. The summed E-state index contributed by atoms with van der Waals surface area (Å²) in [6.07, 6.45) is 3.09. The molecule has 0 aromatic rings. The highest BCUT2D eigenvalue weighted by atomic mass is 32.2. The molecule has 0 aromatic carbocycles. The van der Waals surface area contributed by atoms with Crippen LogP contribution < -0.4 is 10.0 Å². The van der Waals surface area contributed by atoms with E-state index in [1.807, 2.05) is 13.8 Å². The zero-order chi connectivity index (χ0) is 13.4. The topological polar surface area (TPSA) is 67.4 Å². The van der Waals surface area contributed by atoms with Crippen LogP contribution in [0.15, 0.2) is 0 Å². The highest BCUT2D eigenvalue weighted by Crippen LogP contribution is 2.16. The third kappa shape index (κ3) is 7.31. The summed E-state index contributed by atoms with van der Waals surface area (Å²) in [5.41, 5.74) is 0. The number of hydrogen-bond donors (Lipinski definition) is 2. The van der Waals surface area contributed by atoms with Gasteiger partial charge >= 0.3 is 0 Å². The van der Waals surface area contributed by atoms with Gasteiger partial charge in [0, 0.05) is 6.54 Å². The van der Waals surface area contributed by atoms with Crippen LogP contribution in [0.3, 0.4) is 0 Å². The van der Waals surface area contributed by atoms with Crippen LogP contribution in [0.25, 0.3) is 0 Å². The molecule has 1 heterocycles. The molecule has 1 rings (SSSR count). The summed E-state index contributed by atoms with van der Waals surface area (Å²) in [4.78, 5) is 0. The molecule has 0 aliphatic carbocycles. The van der Waals surface area contributed by atoms with Crippen LogP contribution in [0.1, 0.15) is 33.1 Å². The van der Waals surface area contributed by atoms with Crippen molar-refractivity contribution in [2.24, 2.45) is 5.92 Å². The maximum atomic E-state index is 11.7. The molecule has 0 saturated carbocycles. The molecule has 2 N–H and O–H groups in total. The molecule has 0 aromatic heterocycles. The van der Waals surface area contributed by atoms with Gasteiger partial charge in [0.1, 0.15) is 0 Å². The largest absolute Gasteiger partial charge is 0.377 e. The molecule has 1 saturated heterocycles. The second kappa shape index (κ2) is 8.09. The van der Waals surface area contributed by atoms with Gasteiger partial charge in [-0.2, -0.15) is 0 Å². The molecule has 18 heavy (non-hydrogen) atoms. The van der Waals surface area contributed by atoms with Crippen LogP contribution in [0.5, 0.6) is 0 Å². The van der Waals surface area contributed by atoms with E-state index in [-0.39, 0.29) is 11.9 Å². The van der Waals surface area contributed by atoms with Gasteiger partial charge in [-0.15, -0.1) is 0 Å². The first-order valence-electron chi connectivity index (χ1n) is 6.79. The average Bonchev–Trinajstić information content (AvgIpc) is 2.34. The molecule has 1 fully saturated rings. The molecule has 0 unspecified atom stereocenters. The first kappa shape index (κ1) is 15.9.